The molecule has 3 N–H and O–H groups in total. The zero-order valence-electron chi connectivity index (χ0n) is 19.3. The van der Waals surface area contributed by atoms with Crippen LogP contribution in [0.3, 0.4) is 0 Å². The van der Waals surface area contributed by atoms with Gasteiger partial charge in [-0.25, -0.2) is 9.37 Å². The number of aromatic amines is 2. The van der Waals surface area contributed by atoms with Crippen molar-refractivity contribution in [1.29, 1.82) is 0 Å². The van der Waals surface area contributed by atoms with E-state index < -0.39 is 5.82 Å². The average Bonchev–Trinajstić information content (AvgIpc) is 3.26. The van der Waals surface area contributed by atoms with Gasteiger partial charge in [0.1, 0.15) is 11.2 Å². The summed E-state index contributed by atoms with van der Waals surface area (Å²) < 4.78 is 13.1. The van der Waals surface area contributed by atoms with Gasteiger partial charge in [-0.1, -0.05) is 17.1 Å². The Morgan fingerprint density at radius 2 is 1.89 bits per heavy atom. The van der Waals surface area contributed by atoms with Crippen molar-refractivity contribution < 1.29 is 19.0 Å². The zero-order chi connectivity index (χ0) is 24.4. The maximum Gasteiger partial charge on any atom is 0.255 e. The topological polar surface area (TPSA) is 95.5 Å². The summed E-state index contributed by atoms with van der Waals surface area (Å²) in [5, 5.41) is 3.88. The second-order valence-electron chi connectivity index (χ2n) is 8.65. The van der Waals surface area contributed by atoms with Gasteiger partial charge in [0, 0.05) is 17.4 Å². The average molecular weight is 474 g/mol. The van der Waals surface area contributed by atoms with Crippen LogP contribution in [0, 0.1) is 12.7 Å². The maximum atomic E-state index is 13.1. The Morgan fingerprint density at radius 1 is 1.11 bits per heavy atom. The summed E-state index contributed by atoms with van der Waals surface area (Å²) in [5.74, 6) is 0.345. The van der Waals surface area contributed by atoms with Crippen LogP contribution in [0.5, 0.6) is 0 Å². The predicted octanol–water partition coefficient (Wildman–Crippen LogP) is 2.97. The Balaban J connectivity index is 1.19. The zero-order valence-corrected chi connectivity index (χ0v) is 19.3. The molecular formula is C26H26FN6O2+. The van der Waals surface area contributed by atoms with Crippen molar-refractivity contribution in [2.24, 2.45) is 0 Å². The first-order valence-corrected chi connectivity index (χ1v) is 11.5. The second-order valence-corrected chi connectivity index (χ2v) is 8.65. The van der Waals surface area contributed by atoms with Gasteiger partial charge in [-0.2, -0.15) is 0 Å². The largest absolute Gasteiger partial charge is 0.336 e. The number of piperazine rings is 1. The third kappa shape index (κ3) is 4.84. The Kier molecular flexibility index (Phi) is 6.13. The smallest absolute Gasteiger partial charge is 0.255 e. The first kappa shape index (κ1) is 22.5. The van der Waals surface area contributed by atoms with Crippen LogP contribution >= 0.6 is 0 Å². The van der Waals surface area contributed by atoms with Crippen LogP contribution in [-0.4, -0.2) is 52.9 Å². The van der Waals surface area contributed by atoms with Crippen LogP contribution in [0.4, 0.5) is 15.9 Å². The number of halogens is 1. The molecule has 0 bridgehead atoms. The van der Waals surface area contributed by atoms with E-state index in [1.165, 1.54) is 24.3 Å². The Labute approximate surface area is 201 Å². The molecule has 35 heavy (non-hydrogen) atoms. The van der Waals surface area contributed by atoms with Gasteiger partial charge in [-0.3, -0.25) is 14.5 Å². The molecule has 4 aromatic rings. The molecule has 0 aliphatic carbocycles. The summed E-state index contributed by atoms with van der Waals surface area (Å²) in [6.45, 7) is 4.75. The number of benzene rings is 2. The molecule has 0 unspecified atom stereocenters. The molecule has 0 spiro atoms. The lowest BCUT2D eigenvalue weighted by molar-refractivity contribution is -0.367. The minimum absolute atomic E-state index is 0.0494. The van der Waals surface area contributed by atoms with Crippen LogP contribution in [0.2, 0.25) is 0 Å². The highest BCUT2D eigenvalue weighted by atomic mass is 19.1. The molecule has 178 valence electrons. The molecule has 5 rings (SSSR count). The van der Waals surface area contributed by atoms with E-state index in [1.54, 1.807) is 18.5 Å². The lowest BCUT2D eigenvalue weighted by Gasteiger charge is -2.32. The van der Waals surface area contributed by atoms with Crippen LogP contribution in [0.1, 0.15) is 21.5 Å². The molecule has 1 saturated heterocycles. The number of hydrogen-bond donors (Lipinski definition) is 2. The van der Waals surface area contributed by atoms with Gasteiger partial charge in [-0.05, 0) is 54.4 Å². The standard InChI is InChI=1S/C26H25FN6O2/c1-17-15-28-24-23(17)25(30-16-29-24)33-11-9-32(10-12-33)22(34)14-18-3-2-4-21(13-18)31-26(35)19-5-7-20(27)8-6-19/h2-8,13,15-16H,9-12,14H2,1H3,(H,31,35)(H,28,29,30)/p+1. The number of carbonyl (C=O) groups excluding carboxylic acids is 2. The van der Waals surface area contributed by atoms with Crippen LogP contribution in [0.15, 0.2) is 61.1 Å². The van der Waals surface area contributed by atoms with Crippen LogP contribution in [-0.2, 0) is 11.2 Å². The number of anilines is 2. The molecule has 2 aromatic carbocycles. The van der Waals surface area contributed by atoms with E-state index in [4.69, 9.17) is 0 Å². The van der Waals surface area contributed by atoms with Crippen molar-refractivity contribution in [2.75, 3.05) is 36.4 Å². The quantitative estimate of drug-likeness (QED) is 0.466. The summed E-state index contributed by atoms with van der Waals surface area (Å²) in [7, 11) is 0. The molecular weight excluding hydrogens is 447 g/mol. The van der Waals surface area contributed by atoms with Gasteiger partial charge in [0.25, 0.3) is 5.91 Å². The molecule has 0 radical (unpaired) electrons. The van der Waals surface area contributed by atoms with E-state index in [-0.39, 0.29) is 18.2 Å². The SMILES string of the molecule is Cc1c[nH]c2nc[nH+]c(N3CCN(C(=O)Cc4cccc(NC(=O)c5ccc(F)cc5)c4)CC3)c12. The molecule has 3 heterocycles. The van der Waals surface area contributed by atoms with Gasteiger partial charge in [0.05, 0.1) is 32.6 Å². The summed E-state index contributed by atoms with van der Waals surface area (Å²) >= 11 is 0. The van der Waals surface area contributed by atoms with E-state index in [0.29, 0.717) is 24.3 Å². The van der Waals surface area contributed by atoms with Crippen molar-refractivity contribution in [3.8, 4) is 0 Å². The molecule has 9 heteroatoms. The third-order valence-corrected chi connectivity index (χ3v) is 6.28. The molecule has 2 amide bonds. The normalized spacial score (nSPS) is 13.8. The number of amides is 2. The fraction of sp³-hybridized carbons (Fsp3) is 0.231. The summed E-state index contributed by atoms with van der Waals surface area (Å²) in [6, 6.07) is 12.6. The Morgan fingerprint density at radius 3 is 2.66 bits per heavy atom. The number of H-pyrrole nitrogens is 2. The Bertz CT molecular complexity index is 1380. The fourth-order valence-corrected chi connectivity index (χ4v) is 4.42. The summed E-state index contributed by atoms with van der Waals surface area (Å²) in [4.78, 5) is 40.3. The lowest BCUT2D eigenvalue weighted by atomic mass is 10.1. The first-order valence-electron chi connectivity index (χ1n) is 11.5. The molecule has 0 atom stereocenters. The third-order valence-electron chi connectivity index (χ3n) is 6.28. The maximum absolute atomic E-state index is 13.1. The van der Waals surface area contributed by atoms with E-state index in [0.717, 1.165) is 41.1 Å². The highest BCUT2D eigenvalue weighted by Gasteiger charge is 2.27. The summed E-state index contributed by atoms with van der Waals surface area (Å²) in [6.07, 6.45) is 3.89. The first-order chi connectivity index (χ1) is 17.0. The number of hydrogen-bond acceptors (Lipinski definition) is 4. The number of nitrogens with one attached hydrogen (secondary N) is 3. The van der Waals surface area contributed by atoms with Gasteiger partial charge in [0.2, 0.25) is 23.7 Å². The monoisotopic (exact) mass is 473 g/mol. The fourth-order valence-electron chi connectivity index (χ4n) is 4.42. The lowest BCUT2D eigenvalue weighted by Crippen LogP contribution is -2.50. The number of carbonyl (C=O) groups is 2. The second kappa shape index (κ2) is 9.54. The number of nitrogens with zero attached hydrogens (tertiary/aromatic N) is 3. The molecule has 0 saturated carbocycles. The van der Waals surface area contributed by atoms with E-state index in [2.05, 4.69) is 25.2 Å². The van der Waals surface area contributed by atoms with Gasteiger partial charge < -0.3 is 15.2 Å². The van der Waals surface area contributed by atoms with E-state index in [9.17, 15) is 14.0 Å². The van der Waals surface area contributed by atoms with E-state index in [1.807, 2.05) is 30.2 Å². The van der Waals surface area contributed by atoms with Crippen molar-refractivity contribution in [3.63, 3.8) is 0 Å². The highest BCUT2D eigenvalue weighted by Crippen LogP contribution is 2.24. The summed E-state index contributed by atoms with van der Waals surface area (Å²) in [5.41, 5.74) is 3.75. The number of rotatable bonds is 5. The molecule has 1 aliphatic heterocycles. The highest BCUT2D eigenvalue weighted by molar-refractivity contribution is 6.04. The predicted molar refractivity (Wildman–Crippen MR) is 131 cm³/mol. The van der Waals surface area contributed by atoms with Gasteiger partial charge in [0.15, 0.2) is 0 Å². The Hall–Kier alpha value is -4.27. The van der Waals surface area contributed by atoms with E-state index >= 15 is 0 Å². The van der Waals surface area contributed by atoms with Gasteiger partial charge in [-0.15, -0.1) is 0 Å². The number of aryl methyl sites for hydroxylation is 1. The van der Waals surface area contributed by atoms with Crippen molar-refractivity contribution >= 4 is 34.4 Å². The van der Waals surface area contributed by atoms with Crippen molar-refractivity contribution in [2.45, 2.75) is 13.3 Å². The molecule has 1 fully saturated rings. The van der Waals surface area contributed by atoms with Crippen molar-refractivity contribution in [3.05, 3.63) is 83.6 Å². The number of fused-ring (bicyclic) bond motifs is 1. The molecule has 2 aromatic heterocycles. The minimum atomic E-state index is -0.394. The van der Waals surface area contributed by atoms with Gasteiger partial charge >= 0.3 is 0 Å². The van der Waals surface area contributed by atoms with Crippen LogP contribution < -0.4 is 15.2 Å². The van der Waals surface area contributed by atoms with Crippen molar-refractivity contribution in [1.82, 2.24) is 14.9 Å². The minimum Gasteiger partial charge on any atom is -0.336 e. The number of aromatic nitrogens is 3. The molecule has 8 nitrogen and oxygen atoms in total. The molecule has 1 aliphatic rings. The van der Waals surface area contributed by atoms with Crippen LogP contribution in [0.25, 0.3) is 11.0 Å².